The third-order valence-corrected chi connectivity index (χ3v) is 7.06. The number of rotatable bonds is 6. The number of hydrogen-bond acceptors (Lipinski definition) is 5. The summed E-state index contributed by atoms with van der Waals surface area (Å²) in [6, 6.07) is 21.0. The molecule has 0 radical (unpaired) electrons. The summed E-state index contributed by atoms with van der Waals surface area (Å²) in [7, 11) is 0. The molecule has 36 heavy (non-hydrogen) atoms. The van der Waals surface area contributed by atoms with E-state index in [4.69, 9.17) is 4.74 Å². The highest BCUT2D eigenvalue weighted by atomic mass is 19.1. The average Bonchev–Trinajstić information content (AvgIpc) is 3.17. The summed E-state index contributed by atoms with van der Waals surface area (Å²) >= 11 is 0. The molecule has 182 valence electrons. The van der Waals surface area contributed by atoms with Crippen LogP contribution >= 0.6 is 0 Å². The van der Waals surface area contributed by atoms with E-state index >= 15 is 0 Å². The summed E-state index contributed by atoms with van der Waals surface area (Å²) in [5.74, 6) is -2.45. The summed E-state index contributed by atoms with van der Waals surface area (Å²) in [5.41, 5.74) is 2.03. The van der Waals surface area contributed by atoms with Crippen molar-refractivity contribution >= 4 is 29.3 Å². The fourth-order valence-corrected chi connectivity index (χ4v) is 5.14. The molecule has 0 bridgehead atoms. The number of hydrogen-bond donors (Lipinski definition) is 0. The van der Waals surface area contributed by atoms with E-state index in [1.807, 2.05) is 18.2 Å². The van der Waals surface area contributed by atoms with Gasteiger partial charge in [-0.3, -0.25) is 19.3 Å². The van der Waals surface area contributed by atoms with Crippen LogP contribution in [-0.4, -0.2) is 30.2 Å². The van der Waals surface area contributed by atoms with Crippen molar-refractivity contribution in [2.75, 3.05) is 11.5 Å². The topological polar surface area (TPSA) is 80.8 Å². The molecule has 2 amide bonds. The molecule has 1 saturated heterocycles. The van der Waals surface area contributed by atoms with Gasteiger partial charge in [0.2, 0.25) is 11.8 Å². The number of Topliss-reactive ketones (excluding diaryl/α,β-unsaturated/α-hetero) is 1. The molecule has 3 atom stereocenters. The van der Waals surface area contributed by atoms with Crippen LogP contribution in [0.25, 0.3) is 0 Å². The van der Waals surface area contributed by atoms with Crippen LogP contribution in [0.15, 0.2) is 78.9 Å². The van der Waals surface area contributed by atoms with Crippen LogP contribution in [0.2, 0.25) is 0 Å². The second-order valence-electron chi connectivity index (χ2n) is 9.20. The standard InChI is InChI=1S/C29H24FNO5/c30-22-11-6-19(7-12-22)26(32)17-36-29(35)20-8-13-23(14-9-20)31-27(33)24-15-10-21(16-25(24)28(31)34)18-4-2-1-3-5-18/h1-9,11-14,21,24-25H,10,15-17H2/t21-,24-,25+/m1/s1. The molecule has 3 aromatic rings. The Balaban J connectivity index is 1.23. The van der Waals surface area contributed by atoms with E-state index in [-0.39, 0.29) is 40.7 Å². The molecule has 6 nitrogen and oxygen atoms in total. The lowest BCUT2D eigenvalue weighted by Crippen LogP contribution is -2.30. The number of halogens is 1. The predicted octanol–water partition coefficient (Wildman–Crippen LogP) is 4.94. The maximum absolute atomic E-state index is 13.2. The van der Waals surface area contributed by atoms with Crippen LogP contribution in [0.5, 0.6) is 0 Å². The van der Waals surface area contributed by atoms with Crippen molar-refractivity contribution < 1.29 is 28.3 Å². The minimum atomic E-state index is -0.713. The lowest BCUT2D eigenvalue weighted by molar-refractivity contribution is -0.122. The Bertz CT molecular complexity index is 1300. The van der Waals surface area contributed by atoms with Crippen molar-refractivity contribution in [2.45, 2.75) is 25.2 Å². The first kappa shape index (κ1) is 23.6. The Morgan fingerprint density at radius 1 is 0.806 bits per heavy atom. The minimum Gasteiger partial charge on any atom is -0.454 e. The highest BCUT2D eigenvalue weighted by Gasteiger charge is 2.50. The van der Waals surface area contributed by atoms with Gasteiger partial charge in [-0.05, 0) is 79.3 Å². The molecule has 0 N–H and O–H groups in total. The summed E-state index contributed by atoms with van der Waals surface area (Å²) in [4.78, 5) is 52.1. The van der Waals surface area contributed by atoms with E-state index in [9.17, 15) is 23.6 Å². The van der Waals surface area contributed by atoms with Crippen molar-refractivity contribution in [1.29, 1.82) is 0 Å². The number of carbonyl (C=O) groups excluding carboxylic acids is 4. The van der Waals surface area contributed by atoms with Crippen molar-refractivity contribution in [3.63, 3.8) is 0 Å². The maximum atomic E-state index is 13.2. The Hall–Kier alpha value is -4.13. The number of ketones is 1. The molecule has 1 heterocycles. The lowest BCUT2D eigenvalue weighted by Gasteiger charge is -2.28. The van der Waals surface area contributed by atoms with Gasteiger partial charge < -0.3 is 4.74 Å². The van der Waals surface area contributed by atoms with E-state index in [1.165, 1.54) is 34.7 Å². The molecule has 0 unspecified atom stereocenters. The molecule has 1 saturated carbocycles. The van der Waals surface area contributed by atoms with Gasteiger partial charge in [0.05, 0.1) is 23.1 Å². The largest absolute Gasteiger partial charge is 0.454 e. The van der Waals surface area contributed by atoms with Crippen molar-refractivity contribution in [3.8, 4) is 0 Å². The minimum absolute atomic E-state index is 0.186. The van der Waals surface area contributed by atoms with Crippen molar-refractivity contribution in [1.82, 2.24) is 0 Å². The number of amides is 2. The smallest absolute Gasteiger partial charge is 0.338 e. The Morgan fingerprint density at radius 2 is 1.44 bits per heavy atom. The normalized spacial score (nSPS) is 21.2. The molecular formula is C29H24FNO5. The third-order valence-electron chi connectivity index (χ3n) is 7.06. The number of imide groups is 1. The van der Waals surface area contributed by atoms with Crippen molar-refractivity contribution in [3.05, 3.63) is 101 Å². The van der Waals surface area contributed by atoms with Gasteiger partial charge in [0, 0.05) is 5.56 Å². The fraction of sp³-hybridized carbons (Fsp3) is 0.241. The number of fused-ring (bicyclic) bond motifs is 1. The van der Waals surface area contributed by atoms with Gasteiger partial charge in [0.15, 0.2) is 12.4 Å². The summed E-state index contributed by atoms with van der Waals surface area (Å²) in [6.45, 7) is -0.485. The molecule has 2 aliphatic rings. The SMILES string of the molecule is O=C(COC(=O)c1ccc(N2C(=O)[C@H]3C[C@H](c4ccccc4)CC[C@H]3C2=O)cc1)c1ccc(F)cc1. The highest BCUT2D eigenvalue weighted by Crippen LogP contribution is 2.45. The van der Waals surface area contributed by atoms with E-state index in [0.29, 0.717) is 18.5 Å². The molecule has 0 aromatic heterocycles. The van der Waals surface area contributed by atoms with Gasteiger partial charge in [0.1, 0.15) is 5.82 Å². The first-order valence-corrected chi connectivity index (χ1v) is 11.9. The summed E-state index contributed by atoms with van der Waals surface area (Å²) in [6.07, 6.45) is 2.17. The number of anilines is 1. The van der Waals surface area contributed by atoms with Crippen LogP contribution in [0.3, 0.4) is 0 Å². The predicted molar refractivity (Wildman–Crippen MR) is 130 cm³/mol. The Labute approximate surface area is 207 Å². The number of benzene rings is 3. The Morgan fingerprint density at radius 3 is 2.14 bits per heavy atom. The zero-order valence-corrected chi connectivity index (χ0v) is 19.4. The second-order valence-corrected chi connectivity index (χ2v) is 9.20. The second kappa shape index (κ2) is 9.85. The molecule has 2 fully saturated rings. The molecule has 1 aliphatic carbocycles. The van der Waals surface area contributed by atoms with Crippen molar-refractivity contribution in [2.24, 2.45) is 11.8 Å². The molecular weight excluding hydrogens is 461 g/mol. The first-order chi connectivity index (χ1) is 17.4. The maximum Gasteiger partial charge on any atom is 0.338 e. The first-order valence-electron chi connectivity index (χ1n) is 11.9. The lowest BCUT2D eigenvalue weighted by atomic mass is 9.73. The van der Waals surface area contributed by atoms with Crippen LogP contribution < -0.4 is 4.90 Å². The zero-order chi connectivity index (χ0) is 25.2. The summed E-state index contributed by atoms with van der Waals surface area (Å²) < 4.78 is 18.1. The van der Waals surface area contributed by atoms with E-state index in [1.54, 1.807) is 12.1 Å². The van der Waals surface area contributed by atoms with Gasteiger partial charge in [-0.1, -0.05) is 30.3 Å². The van der Waals surface area contributed by atoms with Crippen LogP contribution in [-0.2, 0) is 14.3 Å². The molecule has 1 aliphatic heterocycles. The number of ether oxygens (including phenoxy) is 1. The number of nitrogens with zero attached hydrogens (tertiary/aromatic N) is 1. The van der Waals surface area contributed by atoms with Gasteiger partial charge in [-0.25, -0.2) is 9.18 Å². The molecule has 7 heteroatoms. The van der Waals surface area contributed by atoms with Gasteiger partial charge >= 0.3 is 5.97 Å². The number of carbonyl (C=O) groups is 4. The van der Waals surface area contributed by atoms with Crippen LogP contribution in [0.4, 0.5) is 10.1 Å². The van der Waals surface area contributed by atoms with E-state index in [0.717, 1.165) is 18.6 Å². The molecule has 0 spiro atoms. The van der Waals surface area contributed by atoms with Gasteiger partial charge in [-0.2, -0.15) is 0 Å². The van der Waals surface area contributed by atoms with E-state index in [2.05, 4.69) is 12.1 Å². The molecule has 3 aromatic carbocycles. The summed E-state index contributed by atoms with van der Waals surface area (Å²) in [5, 5.41) is 0. The third kappa shape index (κ3) is 4.56. The van der Waals surface area contributed by atoms with Gasteiger partial charge in [-0.15, -0.1) is 0 Å². The quantitative estimate of drug-likeness (QED) is 0.281. The highest BCUT2D eigenvalue weighted by molar-refractivity contribution is 6.22. The van der Waals surface area contributed by atoms with Crippen LogP contribution in [0, 0.1) is 17.7 Å². The monoisotopic (exact) mass is 485 g/mol. The average molecular weight is 486 g/mol. The van der Waals surface area contributed by atoms with E-state index < -0.39 is 24.2 Å². The number of esters is 1. The fourth-order valence-electron chi connectivity index (χ4n) is 5.14. The van der Waals surface area contributed by atoms with Crippen LogP contribution in [0.1, 0.15) is 51.5 Å². The molecule has 5 rings (SSSR count). The zero-order valence-electron chi connectivity index (χ0n) is 19.4. The Kier molecular flexibility index (Phi) is 6.46. The van der Waals surface area contributed by atoms with Gasteiger partial charge in [0.25, 0.3) is 0 Å².